The Morgan fingerprint density at radius 3 is 2.86 bits per heavy atom. The summed E-state index contributed by atoms with van der Waals surface area (Å²) in [7, 11) is 0. The monoisotopic (exact) mass is 579 g/mol. The van der Waals surface area contributed by atoms with Crippen molar-refractivity contribution in [2.75, 3.05) is 5.73 Å². The lowest BCUT2D eigenvalue weighted by Crippen LogP contribution is -2.28. The maximum Gasteiger partial charge on any atom is 0.163 e. The molecule has 7 nitrogen and oxygen atoms in total. The van der Waals surface area contributed by atoms with Crippen LogP contribution in [0.1, 0.15) is 49.6 Å². The molecule has 0 spiro atoms. The van der Waals surface area contributed by atoms with Gasteiger partial charge in [-0.1, -0.05) is 35.9 Å². The molecule has 1 saturated carbocycles. The molecule has 3 aliphatic rings. The predicted molar refractivity (Wildman–Crippen MR) is 148 cm³/mol. The minimum Gasteiger partial charge on any atom is -0.383 e. The number of aryl methyl sites for hydroxylation is 1. The van der Waals surface area contributed by atoms with Crippen molar-refractivity contribution < 1.29 is 9.47 Å². The van der Waals surface area contributed by atoms with Crippen LogP contribution >= 0.6 is 27.5 Å². The first-order valence-corrected chi connectivity index (χ1v) is 13.9. The highest BCUT2D eigenvalue weighted by atomic mass is 79.9. The van der Waals surface area contributed by atoms with Crippen molar-refractivity contribution in [3.63, 3.8) is 0 Å². The van der Waals surface area contributed by atoms with Gasteiger partial charge in [0.15, 0.2) is 5.79 Å². The number of aromatic nitrogens is 4. The van der Waals surface area contributed by atoms with E-state index in [4.69, 9.17) is 31.8 Å². The maximum absolute atomic E-state index is 6.58. The Kier molecular flexibility index (Phi) is 5.42. The Balaban J connectivity index is 1.27. The second-order valence-electron chi connectivity index (χ2n) is 10.7. The number of hydrogen-bond donors (Lipinski definition) is 1. The second kappa shape index (κ2) is 8.50. The van der Waals surface area contributed by atoms with Crippen LogP contribution in [0.25, 0.3) is 28.0 Å². The summed E-state index contributed by atoms with van der Waals surface area (Å²) < 4.78 is 16.2. The molecule has 1 aliphatic heterocycles. The molecule has 1 saturated heterocycles. The number of ether oxygens (including phenoxy) is 2. The first-order valence-electron chi connectivity index (χ1n) is 12.7. The SMILES string of the molecule is CC1(C)O[C@@H]2[C@H](O1)[C@@H](/C=C/c1ccc3cc(Br)c(N)nc3c1)C[C@H]2n1c2c(c3c(Cl)ncnc31)CCC2. The Labute approximate surface area is 228 Å². The number of nitrogen functional groups attached to an aromatic ring is 1. The minimum absolute atomic E-state index is 0.0479. The minimum atomic E-state index is -0.642. The summed E-state index contributed by atoms with van der Waals surface area (Å²) in [4.78, 5) is 13.5. The summed E-state index contributed by atoms with van der Waals surface area (Å²) >= 11 is 10.0. The normalized spacial score (nSPS) is 26.5. The predicted octanol–water partition coefficient (Wildman–Crippen LogP) is 6.26. The quantitative estimate of drug-likeness (QED) is 0.288. The number of halogens is 2. The topological polar surface area (TPSA) is 88.1 Å². The fourth-order valence-corrected chi connectivity index (χ4v) is 7.07. The first kappa shape index (κ1) is 23.6. The molecule has 0 unspecified atom stereocenters. The van der Waals surface area contributed by atoms with Gasteiger partial charge in [0.25, 0.3) is 0 Å². The average Bonchev–Trinajstić information content (AvgIpc) is 3.58. The van der Waals surface area contributed by atoms with Crippen molar-refractivity contribution >= 4 is 61.4 Å². The summed E-state index contributed by atoms with van der Waals surface area (Å²) in [5, 5.41) is 2.58. The molecule has 0 bridgehead atoms. The molecule has 3 aromatic heterocycles. The summed E-state index contributed by atoms with van der Waals surface area (Å²) in [6.45, 7) is 4.00. The van der Waals surface area contributed by atoms with E-state index in [1.54, 1.807) is 6.33 Å². The number of benzene rings is 1. The molecule has 37 heavy (non-hydrogen) atoms. The van der Waals surface area contributed by atoms with Gasteiger partial charge in [-0.2, -0.15) is 0 Å². The molecule has 4 atom stereocenters. The Morgan fingerprint density at radius 1 is 1.16 bits per heavy atom. The van der Waals surface area contributed by atoms with Gasteiger partial charge in [-0.15, -0.1) is 0 Å². The fourth-order valence-electron chi connectivity index (χ4n) is 6.49. The van der Waals surface area contributed by atoms with Crippen LogP contribution in [0.4, 0.5) is 5.82 Å². The molecule has 1 aromatic carbocycles. The lowest BCUT2D eigenvalue weighted by atomic mass is 10.0. The summed E-state index contributed by atoms with van der Waals surface area (Å²) in [6, 6.07) is 8.35. The number of pyridine rings is 1. The van der Waals surface area contributed by atoms with Gasteiger partial charge in [0.2, 0.25) is 0 Å². The van der Waals surface area contributed by atoms with Gasteiger partial charge in [0, 0.05) is 17.0 Å². The van der Waals surface area contributed by atoms with Gasteiger partial charge < -0.3 is 19.8 Å². The number of fused-ring (bicyclic) bond motifs is 5. The van der Waals surface area contributed by atoms with E-state index in [1.165, 1.54) is 11.3 Å². The largest absolute Gasteiger partial charge is 0.383 e. The van der Waals surface area contributed by atoms with Crippen LogP contribution < -0.4 is 5.73 Å². The van der Waals surface area contributed by atoms with E-state index in [0.717, 1.165) is 57.7 Å². The number of nitrogens with two attached hydrogens (primary N) is 1. The summed E-state index contributed by atoms with van der Waals surface area (Å²) in [5.74, 6) is 0.0304. The zero-order valence-corrected chi connectivity index (χ0v) is 23.0. The zero-order chi connectivity index (χ0) is 25.5. The molecule has 0 radical (unpaired) electrons. The van der Waals surface area contributed by atoms with Crippen molar-refractivity contribution in [2.45, 2.75) is 63.6 Å². The van der Waals surface area contributed by atoms with Gasteiger partial charge in [-0.25, -0.2) is 15.0 Å². The Hall–Kier alpha value is -2.52. The van der Waals surface area contributed by atoms with Crippen LogP contribution in [0.2, 0.25) is 5.15 Å². The highest BCUT2D eigenvalue weighted by molar-refractivity contribution is 9.10. The van der Waals surface area contributed by atoms with E-state index in [2.05, 4.69) is 60.8 Å². The highest BCUT2D eigenvalue weighted by Crippen LogP contribution is 2.50. The third-order valence-electron chi connectivity index (χ3n) is 7.96. The summed E-state index contributed by atoms with van der Waals surface area (Å²) in [6.07, 6.45) is 9.91. The van der Waals surface area contributed by atoms with Crippen molar-refractivity contribution in [3.05, 3.63) is 63.1 Å². The number of hydrogen-bond acceptors (Lipinski definition) is 6. The molecule has 4 aromatic rings. The molecule has 2 fully saturated rings. The van der Waals surface area contributed by atoms with Gasteiger partial charge in [0.1, 0.15) is 29.0 Å². The van der Waals surface area contributed by atoms with E-state index in [0.29, 0.717) is 11.0 Å². The second-order valence-corrected chi connectivity index (χ2v) is 11.9. The van der Waals surface area contributed by atoms with E-state index in [9.17, 15) is 0 Å². The van der Waals surface area contributed by atoms with Crippen LogP contribution in [0.15, 0.2) is 41.1 Å². The van der Waals surface area contributed by atoms with Crippen LogP contribution in [0, 0.1) is 5.92 Å². The molecule has 190 valence electrons. The average molecular weight is 581 g/mol. The standard InChI is InChI=1S/C28H27BrClN5O2/c1-28(2)36-23-16(9-7-14-6-8-15-11-18(29)26(31)34-19(15)10-14)12-21(24(23)37-28)35-20-5-3-4-17(20)22-25(30)32-13-33-27(22)35/h6-11,13,16,21,23-24H,3-5,12H2,1-2H3,(H2,31,34)/b9-7+/t16-,21+,23+,24-/m0/s1. The molecule has 7 rings (SSSR count). The summed E-state index contributed by atoms with van der Waals surface area (Å²) in [5.41, 5.74) is 11.5. The molecular weight excluding hydrogens is 554 g/mol. The van der Waals surface area contributed by atoms with Crippen molar-refractivity contribution in [1.82, 2.24) is 19.5 Å². The fraction of sp³-hybridized carbons (Fsp3) is 0.393. The van der Waals surface area contributed by atoms with E-state index >= 15 is 0 Å². The number of nitrogens with zero attached hydrogens (tertiary/aromatic N) is 4. The zero-order valence-electron chi connectivity index (χ0n) is 20.6. The first-order chi connectivity index (χ1) is 17.8. The van der Waals surface area contributed by atoms with E-state index in [1.807, 2.05) is 19.9 Å². The van der Waals surface area contributed by atoms with Crippen molar-refractivity contribution in [2.24, 2.45) is 5.92 Å². The van der Waals surface area contributed by atoms with E-state index < -0.39 is 5.79 Å². The van der Waals surface area contributed by atoms with Crippen molar-refractivity contribution in [3.8, 4) is 0 Å². The van der Waals surface area contributed by atoms with Gasteiger partial charge in [-0.05, 0) is 78.7 Å². The Bertz CT molecular complexity index is 1600. The molecule has 2 N–H and O–H groups in total. The third-order valence-corrected chi connectivity index (χ3v) is 8.88. The molecular formula is C28H27BrClN5O2. The van der Waals surface area contributed by atoms with Crippen LogP contribution in [-0.4, -0.2) is 37.5 Å². The van der Waals surface area contributed by atoms with Gasteiger partial charge in [0.05, 0.1) is 27.5 Å². The van der Waals surface area contributed by atoms with Crippen LogP contribution in [0.5, 0.6) is 0 Å². The molecule has 0 amide bonds. The van der Waals surface area contributed by atoms with E-state index in [-0.39, 0.29) is 24.2 Å². The van der Waals surface area contributed by atoms with Crippen molar-refractivity contribution in [1.29, 1.82) is 0 Å². The molecule has 4 heterocycles. The number of rotatable bonds is 3. The number of anilines is 1. The van der Waals surface area contributed by atoms with Gasteiger partial charge >= 0.3 is 0 Å². The lowest BCUT2D eigenvalue weighted by Gasteiger charge is -2.25. The maximum atomic E-state index is 6.58. The Morgan fingerprint density at radius 2 is 2.00 bits per heavy atom. The van der Waals surface area contributed by atoms with Gasteiger partial charge in [-0.3, -0.25) is 0 Å². The van der Waals surface area contributed by atoms with Crippen LogP contribution in [-0.2, 0) is 22.3 Å². The highest BCUT2D eigenvalue weighted by Gasteiger charge is 2.54. The molecule has 9 heteroatoms. The molecule has 2 aliphatic carbocycles. The third kappa shape index (κ3) is 3.80. The lowest BCUT2D eigenvalue weighted by molar-refractivity contribution is -0.158. The smallest absolute Gasteiger partial charge is 0.163 e. The van der Waals surface area contributed by atoms with Crippen LogP contribution in [0.3, 0.4) is 0 Å².